The Hall–Kier alpha value is -1.30. The Labute approximate surface area is 120 Å². The number of morpholine rings is 1. The fourth-order valence-corrected chi connectivity index (χ4v) is 1.90. The molecular weight excluding hydrogens is 260 g/mol. The topological polar surface area (TPSA) is 78.9 Å². The highest BCUT2D eigenvalue weighted by Gasteiger charge is 2.30. The molecule has 1 saturated heterocycles. The number of aliphatic carboxylic acids is 1. The summed E-state index contributed by atoms with van der Waals surface area (Å²) in [5.41, 5.74) is 0.00421. The van der Waals surface area contributed by atoms with Crippen LogP contribution in [0.25, 0.3) is 0 Å². The predicted molar refractivity (Wildman–Crippen MR) is 75.6 cm³/mol. The molecule has 1 fully saturated rings. The van der Waals surface area contributed by atoms with Gasteiger partial charge in [-0.15, -0.1) is 0 Å². The van der Waals surface area contributed by atoms with Crippen molar-refractivity contribution in [1.29, 1.82) is 0 Å². The summed E-state index contributed by atoms with van der Waals surface area (Å²) in [6.45, 7) is 10.2. The summed E-state index contributed by atoms with van der Waals surface area (Å²) in [5, 5.41) is 11.8. The third kappa shape index (κ3) is 4.67. The number of nitrogens with one attached hydrogen (secondary N) is 1. The van der Waals surface area contributed by atoms with Gasteiger partial charge in [-0.1, -0.05) is 27.7 Å². The van der Waals surface area contributed by atoms with Crippen molar-refractivity contribution in [1.82, 2.24) is 10.2 Å². The van der Waals surface area contributed by atoms with Gasteiger partial charge in [0, 0.05) is 13.1 Å². The minimum Gasteiger partial charge on any atom is -0.481 e. The number of nitrogens with zero attached hydrogens (tertiary/aromatic N) is 1. The molecule has 1 unspecified atom stereocenters. The maximum atomic E-state index is 12.2. The fourth-order valence-electron chi connectivity index (χ4n) is 1.90. The molecule has 0 aromatic rings. The minimum atomic E-state index is -0.916. The van der Waals surface area contributed by atoms with Gasteiger partial charge in [0.1, 0.15) is 0 Å². The van der Waals surface area contributed by atoms with E-state index in [9.17, 15) is 9.59 Å². The Kier molecular flexibility index (Phi) is 5.80. The Bertz CT molecular complexity index is 355. The van der Waals surface area contributed by atoms with Gasteiger partial charge in [0.2, 0.25) is 0 Å². The summed E-state index contributed by atoms with van der Waals surface area (Å²) < 4.78 is 5.26. The molecule has 0 aromatic heterocycles. The zero-order valence-electron chi connectivity index (χ0n) is 12.8. The number of carbonyl (C=O) groups excluding carboxylic acids is 1. The Balaban J connectivity index is 2.57. The summed E-state index contributed by atoms with van der Waals surface area (Å²) in [6.07, 6.45) is -0.0823. The molecule has 0 saturated carbocycles. The summed E-state index contributed by atoms with van der Waals surface area (Å²) in [6, 6.07) is -0.586. The second-order valence-corrected chi connectivity index (χ2v) is 6.32. The van der Waals surface area contributed by atoms with Gasteiger partial charge in [0.05, 0.1) is 25.7 Å². The molecule has 0 aliphatic carbocycles. The van der Waals surface area contributed by atoms with E-state index in [1.807, 2.05) is 0 Å². The van der Waals surface area contributed by atoms with Crippen LogP contribution < -0.4 is 5.32 Å². The SMILES string of the molecule is CC(C)C(C)(C)CNC(=O)N1CCOCC1CC(=O)O. The molecule has 20 heavy (non-hydrogen) atoms. The van der Waals surface area contributed by atoms with Crippen LogP contribution in [0.2, 0.25) is 0 Å². The number of carboxylic acids is 1. The number of rotatable bonds is 5. The summed E-state index contributed by atoms with van der Waals surface area (Å²) >= 11 is 0. The van der Waals surface area contributed by atoms with E-state index in [1.165, 1.54) is 0 Å². The molecule has 1 atom stereocenters. The van der Waals surface area contributed by atoms with Gasteiger partial charge < -0.3 is 20.1 Å². The molecule has 6 nitrogen and oxygen atoms in total. The third-order valence-corrected chi connectivity index (χ3v) is 4.16. The number of urea groups is 1. The molecule has 0 spiro atoms. The molecule has 1 aliphatic heterocycles. The van der Waals surface area contributed by atoms with Gasteiger partial charge in [0.15, 0.2) is 0 Å². The van der Waals surface area contributed by atoms with E-state index >= 15 is 0 Å². The summed E-state index contributed by atoms with van der Waals surface area (Å²) in [5.74, 6) is -0.469. The first kappa shape index (κ1) is 16.8. The third-order valence-electron chi connectivity index (χ3n) is 4.16. The maximum Gasteiger partial charge on any atom is 0.317 e. The first-order valence-electron chi connectivity index (χ1n) is 7.08. The van der Waals surface area contributed by atoms with E-state index in [1.54, 1.807) is 4.90 Å². The van der Waals surface area contributed by atoms with Gasteiger partial charge in [-0.05, 0) is 11.3 Å². The van der Waals surface area contributed by atoms with E-state index in [0.29, 0.717) is 25.6 Å². The van der Waals surface area contributed by atoms with Gasteiger partial charge in [-0.25, -0.2) is 4.79 Å². The van der Waals surface area contributed by atoms with Crippen LogP contribution >= 0.6 is 0 Å². The molecule has 0 radical (unpaired) electrons. The molecule has 2 N–H and O–H groups in total. The van der Waals surface area contributed by atoms with Crippen LogP contribution in [0.15, 0.2) is 0 Å². The van der Waals surface area contributed by atoms with Crippen molar-refractivity contribution in [2.24, 2.45) is 11.3 Å². The van der Waals surface area contributed by atoms with Crippen molar-refractivity contribution in [2.75, 3.05) is 26.3 Å². The van der Waals surface area contributed by atoms with Crippen LogP contribution in [0, 0.1) is 11.3 Å². The van der Waals surface area contributed by atoms with E-state index in [2.05, 4.69) is 33.0 Å². The first-order valence-corrected chi connectivity index (χ1v) is 7.08. The Morgan fingerprint density at radius 1 is 1.45 bits per heavy atom. The zero-order chi connectivity index (χ0) is 15.3. The fraction of sp³-hybridized carbons (Fsp3) is 0.857. The van der Waals surface area contributed by atoms with E-state index in [4.69, 9.17) is 9.84 Å². The molecule has 0 aromatic carbocycles. The van der Waals surface area contributed by atoms with Crippen LogP contribution in [-0.2, 0) is 9.53 Å². The second kappa shape index (κ2) is 6.92. The lowest BCUT2D eigenvalue weighted by atomic mass is 9.81. The molecule has 6 heteroatoms. The Morgan fingerprint density at radius 3 is 2.65 bits per heavy atom. The van der Waals surface area contributed by atoms with Gasteiger partial charge >= 0.3 is 12.0 Å². The molecule has 0 bridgehead atoms. The molecule has 1 heterocycles. The van der Waals surface area contributed by atoms with Crippen molar-refractivity contribution in [3.05, 3.63) is 0 Å². The maximum absolute atomic E-state index is 12.2. The average Bonchev–Trinajstić information content (AvgIpc) is 2.36. The quantitative estimate of drug-likeness (QED) is 0.804. The number of amides is 2. The molecule has 1 rings (SSSR count). The predicted octanol–water partition coefficient (Wildman–Crippen LogP) is 1.55. The van der Waals surface area contributed by atoms with Crippen LogP contribution in [0.4, 0.5) is 4.79 Å². The monoisotopic (exact) mass is 286 g/mol. The van der Waals surface area contributed by atoms with Crippen LogP contribution in [-0.4, -0.2) is 54.4 Å². The highest BCUT2D eigenvalue weighted by molar-refractivity contribution is 5.76. The lowest BCUT2D eigenvalue weighted by Gasteiger charge is -2.36. The summed E-state index contributed by atoms with van der Waals surface area (Å²) in [7, 11) is 0. The second-order valence-electron chi connectivity index (χ2n) is 6.32. The summed E-state index contributed by atoms with van der Waals surface area (Å²) in [4.78, 5) is 24.6. The molecular formula is C14H26N2O4. The number of ether oxygens (including phenoxy) is 1. The lowest BCUT2D eigenvalue weighted by molar-refractivity contribution is -0.139. The highest BCUT2D eigenvalue weighted by Crippen LogP contribution is 2.24. The van der Waals surface area contributed by atoms with Crippen molar-refractivity contribution in [2.45, 2.75) is 40.2 Å². The number of carboxylic acid groups (broad SMARTS) is 1. The zero-order valence-corrected chi connectivity index (χ0v) is 12.8. The average molecular weight is 286 g/mol. The van der Waals surface area contributed by atoms with Crippen LogP contribution in [0.5, 0.6) is 0 Å². The standard InChI is InChI=1S/C14H26N2O4/c1-10(2)14(3,4)9-15-13(19)16-5-6-20-8-11(16)7-12(17)18/h10-11H,5-9H2,1-4H3,(H,15,19)(H,17,18). The normalized spacial score (nSPS) is 20.1. The van der Waals surface area contributed by atoms with E-state index < -0.39 is 5.97 Å². The van der Waals surface area contributed by atoms with E-state index in [-0.39, 0.29) is 30.5 Å². The molecule has 2 amide bonds. The minimum absolute atomic E-state index is 0.00421. The van der Waals surface area contributed by atoms with Crippen molar-refractivity contribution >= 4 is 12.0 Å². The Morgan fingerprint density at radius 2 is 2.10 bits per heavy atom. The molecule has 1 aliphatic rings. The van der Waals surface area contributed by atoms with Crippen LogP contribution in [0.3, 0.4) is 0 Å². The lowest BCUT2D eigenvalue weighted by Crippen LogP contribution is -2.54. The van der Waals surface area contributed by atoms with Gasteiger partial charge in [-0.3, -0.25) is 4.79 Å². The highest BCUT2D eigenvalue weighted by atomic mass is 16.5. The van der Waals surface area contributed by atoms with Crippen LogP contribution in [0.1, 0.15) is 34.1 Å². The van der Waals surface area contributed by atoms with Gasteiger partial charge in [0.25, 0.3) is 0 Å². The van der Waals surface area contributed by atoms with Crippen molar-refractivity contribution in [3.8, 4) is 0 Å². The number of carbonyl (C=O) groups is 2. The van der Waals surface area contributed by atoms with Crippen molar-refractivity contribution in [3.63, 3.8) is 0 Å². The smallest absolute Gasteiger partial charge is 0.317 e. The largest absolute Gasteiger partial charge is 0.481 e. The van der Waals surface area contributed by atoms with Gasteiger partial charge in [-0.2, -0.15) is 0 Å². The molecule has 116 valence electrons. The number of hydrogen-bond donors (Lipinski definition) is 2. The first-order chi connectivity index (χ1) is 9.24. The van der Waals surface area contributed by atoms with Crippen molar-refractivity contribution < 1.29 is 19.4 Å². The number of hydrogen-bond acceptors (Lipinski definition) is 3. The van der Waals surface area contributed by atoms with E-state index in [0.717, 1.165) is 0 Å².